The number of rotatable bonds is 2. The van der Waals surface area contributed by atoms with Gasteiger partial charge in [-0.15, -0.1) is 11.8 Å². The largest absolute Gasteiger partial charge is 0.322 e. The summed E-state index contributed by atoms with van der Waals surface area (Å²) >= 11 is 1.72. The average Bonchev–Trinajstić information content (AvgIpc) is 1.96. The van der Waals surface area contributed by atoms with Gasteiger partial charge in [0.05, 0.1) is 0 Å². The zero-order chi connectivity index (χ0) is 9.14. The van der Waals surface area contributed by atoms with Crippen LogP contribution in [0.25, 0.3) is 0 Å². The van der Waals surface area contributed by atoms with Crippen LogP contribution in [0.1, 0.15) is 16.7 Å². The van der Waals surface area contributed by atoms with Crippen LogP contribution in [0.3, 0.4) is 0 Å². The van der Waals surface area contributed by atoms with Crippen molar-refractivity contribution >= 4 is 11.8 Å². The fraction of sp³-hybridized carbons (Fsp3) is 0.400. The van der Waals surface area contributed by atoms with E-state index in [1.54, 1.807) is 11.8 Å². The molecule has 12 heavy (non-hydrogen) atoms. The minimum Gasteiger partial charge on any atom is -0.322 e. The molecule has 0 aliphatic rings. The Hall–Kier alpha value is -0.470. The standard InChI is InChI=1S/C10H15NS/c1-7-4-8(2)10(12-6-11)9(3)5-7/h4-5H,6,11H2,1-3H3. The topological polar surface area (TPSA) is 26.0 Å². The van der Waals surface area contributed by atoms with Gasteiger partial charge in [0.25, 0.3) is 0 Å². The van der Waals surface area contributed by atoms with Crippen molar-refractivity contribution in [2.75, 3.05) is 5.88 Å². The van der Waals surface area contributed by atoms with E-state index in [9.17, 15) is 0 Å². The highest BCUT2D eigenvalue weighted by atomic mass is 32.2. The fourth-order valence-corrected chi connectivity index (χ4v) is 2.22. The number of hydrogen-bond donors (Lipinski definition) is 1. The van der Waals surface area contributed by atoms with Crippen molar-refractivity contribution in [3.05, 3.63) is 28.8 Å². The van der Waals surface area contributed by atoms with Gasteiger partial charge in [-0.05, 0) is 31.9 Å². The molecule has 2 heteroatoms. The Labute approximate surface area is 78.4 Å². The van der Waals surface area contributed by atoms with Crippen LogP contribution in [-0.2, 0) is 0 Å². The number of aryl methyl sites for hydroxylation is 3. The van der Waals surface area contributed by atoms with Gasteiger partial charge in [-0.1, -0.05) is 17.7 Å². The molecule has 0 spiro atoms. The van der Waals surface area contributed by atoms with Crippen molar-refractivity contribution in [1.29, 1.82) is 0 Å². The van der Waals surface area contributed by atoms with E-state index in [-0.39, 0.29) is 0 Å². The number of thioether (sulfide) groups is 1. The zero-order valence-corrected chi connectivity index (χ0v) is 8.66. The van der Waals surface area contributed by atoms with Crippen molar-refractivity contribution in [2.45, 2.75) is 25.7 Å². The second-order valence-corrected chi connectivity index (χ2v) is 4.07. The lowest BCUT2D eigenvalue weighted by atomic mass is 10.1. The Morgan fingerprint density at radius 1 is 1.17 bits per heavy atom. The van der Waals surface area contributed by atoms with Crippen LogP contribution in [0.4, 0.5) is 0 Å². The number of benzene rings is 1. The van der Waals surface area contributed by atoms with Gasteiger partial charge in [-0.2, -0.15) is 0 Å². The Morgan fingerprint density at radius 3 is 2.08 bits per heavy atom. The summed E-state index contributed by atoms with van der Waals surface area (Å²) in [5, 5.41) is 0. The van der Waals surface area contributed by atoms with Gasteiger partial charge in [-0.25, -0.2) is 0 Å². The summed E-state index contributed by atoms with van der Waals surface area (Å²) < 4.78 is 0. The maximum absolute atomic E-state index is 5.50. The first-order chi connectivity index (χ1) is 5.65. The summed E-state index contributed by atoms with van der Waals surface area (Å²) in [6, 6.07) is 4.40. The van der Waals surface area contributed by atoms with Crippen molar-refractivity contribution in [1.82, 2.24) is 0 Å². The molecule has 1 aromatic carbocycles. The SMILES string of the molecule is Cc1cc(C)c(SCN)c(C)c1. The highest BCUT2D eigenvalue weighted by Crippen LogP contribution is 2.26. The molecule has 0 saturated heterocycles. The molecule has 0 aromatic heterocycles. The quantitative estimate of drug-likeness (QED) is 0.560. The van der Waals surface area contributed by atoms with Gasteiger partial charge in [0, 0.05) is 10.8 Å². The Kier molecular flexibility index (Phi) is 3.18. The minimum absolute atomic E-state index is 0.657. The van der Waals surface area contributed by atoms with E-state index < -0.39 is 0 Å². The van der Waals surface area contributed by atoms with Gasteiger partial charge in [0.1, 0.15) is 0 Å². The monoisotopic (exact) mass is 181 g/mol. The van der Waals surface area contributed by atoms with E-state index in [1.165, 1.54) is 21.6 Å². The first kappa shape index (κ1) is 9.62. The third-order valence-corrected chi connectivity index (χ3v) is 2.93. The third-order valence-electron chi connectivity index (χ3n) is 1.83. The smallest absolute Gasteiger partial charge is 0.0440 e. The molecule has 0 atom stereocenters. The van der Waals surface area contributed by atoms with E-state index in [1.807, 2.05) is 0 Å². The van der Waals surface area contributed by atoms with Crippen LogP contribution in [0.15, 0.2) is 17.0 Å². The normalized spacial score (nSPS) is 10.3. The molecule has 0 fully saturated rings. The van der Waals surface area contributed by atoms with E-state index in [0.29, 0.717) is 5.88 Å². The molecule has 1 aromatic rings. The van der Waals surface area contributed by atoms with Gasteiger partial charge in [0.15, 0.2) is 0 Å². The van der Waals surface area contributed by atoms with Crippen LogP contribution in [-0.4, -0.2) is 5.88 Å². The molecule has 0 heterocycles. The highest BCUT2D eigenvalue weighted by Gasteiger charge is 2.02. The van der Waals surface area contributed by atoms with Crippen molar-refractivity contribution in [3.8, 4) is 0 Å². The molecule has 0 unspecified atom stereocenters. The lowest BCUT2D eigenvalue weighted by Crippen LogP contribution is -1.95. The molecular weight excluding hydrogens is 166 g/mol. The molecular formula is C10H15NS. The Bertz CT molecular complexity index is 258. The molecule has 1 nitrogen and oxygen atoms in total. The molecule has 1 rings (SSSR count). The highest BCUT2D eigenvalue weighted by molar-refractivity contribution is 7.99. The molecule has 66 valence electrons. The second kappa shape index (κ2) is 3.97. The lowest BCUT2D eigenvalue weighted by Gasteiger charge is -2.08. The first-order valence-electron chi connectivity index (χ1n) is 4.06. The predicted octanol–water partition coefficient (Wildman–Crippen LogP) is 2.62. The van der Waals surface area contributed by atoms with Crippen molar-refractivity contribution in [3.63, 3.8) is 0 Å². The Balaban J connectivity index is 3.10. The number of hydrogen-bond acceptors (Lipinski definition) is 2. The molecule has 0 saturated carbocycles. The summed E-state index contributed by atoms with van der Waals surface area (Å²) in [5.74, 6) is 0.657. The molecule has 0 aliphatic heterocycles. The van der Waals surface area contributed by atoms with Crippen LogP contribution >= 0.6 is 11.8 Å². The van der Waals surface area contributed by atoms with E-state index in [0.717, 1.165) is 0 Å². The number of nitrogens with two attached hydrogens (primary N) is 1. The van der Waals surface area contributed by atoms with Gasteiger partial charge in [0.2, 0.25) is 0 Å². The summed E-state index contributed by atoms with van der Waals surface area (Å²) in [5.41, 5.74) is 9.50. The van der Waals surface area contributed by atoms with Crippen LogP contribution < -0.4 is 5.73 Å². The zero-order valence-electron chi connectivity index (χ0n) is 7.85. The van der Waals surface area contributed by atoms with Crippen molar-refractivity contribution in [2.24, 2.45) is 5.73 Å². The van der Waals surface area contributed by atoms with Crippen LogP contribution in [0.5, 0.6) is 0 Å². The predicted molar refractivity (Wildman–Crippen MR) is 55.6 cm³/mol. The van der Waals surface area contributed by atoms with Crippen LogP contribution in [0.2, 0.25) is 0 Å². The maximum atomic E-state index is 5.50. The molecule has 0 amide bonds. The van der Waals surface area contributed by atoms with E-state index in [2.05, 4.69) is 32.9 Å². The molecule has 0 bridgehead atoms. The summed E-state index contributed by atoms with van der Waals surface area (Å²) in [7, 11) is 0. The maximum Gasteiger partial charge on any atom is 0.0440 e. The first-order valence-corrected chi connectivity index (χ1v) is 5.04. The van der Waals surface area contributed by atoms with Crippen LogP contribution in [0, 0.1) is 20.8 Å². The molecule has 2 N–H and O–H groups in total. The summed E-state index contributed by atoms with van der Waals surface area (Å²) in [6.07, 6.45) is 0. The van der Waals surface area contributed by atoms with Gasteiger partial charge < -0.3 is 5.73 Å². The lowest BCUT2D eigenvalue weighted by molar-refractivity contribution is 1.18. The summed E-state index contributed by atoms with van der Waals surface area (Å²) in [6.45, 7) is 6.40. The van der Waals surface area contributed by atoms with E-state index in [4.69, 9.17) is 5.73 Å². The second-order valence-electron chi connectivity index (χ2n) is 3.04. The summed E-state index contributed by atoms with van der Waals surface area (Å²) in [4.78, 5) is 1.34. The van der Waals surface area contributed by atoms with Gasteiger partial charge in [-0.3, -0.25) is 0 Å². The van der Waals surface area contributed by atoms with E-state index >= 15 is 0 Å². The Morgan fingerprint density at radius 2 is 1.67 bits per heavy atom. The minimum atomic E-state index is 0.657. The average molecular weight is 181 g/mol. The fourth-order valence-electron chi connectivity index (χ4n) is 1.48. The molecule has 0 aliphatic carbocycles. The molecule has 0 radical (unpaired) electrons. The van der Waals surface area contributed by atoms with Crippen molar-refractivity contribution < 1.29 is 0 Å². The third kappa shape index (κ3) is 2.02. The van der Waals surface area contributed by atoms with Gasteiger partial charge >= 0.3 is 0 Å².